The Kier molecular flexibility index (Phi) is 4.46. The topological polar surface area (TPSA) is 57.8 Å². The Morgan fingerprint density at radius 2 is 2.57 bits per heavy atom. The van der Waals surface area contributed by atoms with Crippen LogP contribution in [0.2, 0.25) is 0 Å². The maximum atomic E-state index is 11.3. The van der Waals surface area contributed by atoms with Gasteiger partial charge in [0, 0.05) is 36.7 Å². The predicted octanol–water partition coefficient (Wildman–Crippen LogP) is 0.943. The van der Waals surface area contributed by atoms with Crippen LogP contribution in [0.1, 0.15) is 12.6 Å². The molecule has 4 nitrogen and oxygen atoms in total. The van der Waals surface area contributed by atoms with Gasteiger partial charge in [0.2, 0.25) is 5.91 Å². The summed E-state index contributed by atoms with van der Waals surface area (Å²) in [6.07, 6.45) is 4.14. The molecule has 0 radical (unpaired) electrons. The van der Waals surface area contributed by atoms with Crippen molar-refractivity contribution in [1.29, 1.82) is 0 Å². The van der Waals surface area contributed by atoms with Crippen molar-refractivity contribution in [2.24, 2.45) is 5.92 Å². The highest BCUT2D eigenvalue weighted by atomic mass is 35.5. The fourth-order valence-electron chi connectivity index (χ4n) is 0.986. The van der Waals surface area contributed by atoms with E-state index in [1.165, 1.54) is 0 Å². The molecule has 1 unspecified atom stereocenters. The van der Waals surface area contributed by atoms with Crippen LogP contribution >= 0.6 is 11.6 Å². The van der Waals surface area contributed by atoms with E-state index in [9.17, 15) is 4.79 Å². The number of rotatable bonds is 5. The Balaban J connectivity index is 2.18. The molecule has 0 aromatic carbocycles. The fourth-order valence-corrected chi connectivity index (χ4v) is 1.13. The minimum absolute atomic E-state index is 0.000449. The van der Waals surface area contributed by atoms with Gasteiger partial charge in [-0.15, -0.1) is 11.6 Å². The number of alkyl halides is 1. The summed E-state index contributed by atoms with van der Waals surface area (Å²) in [4.78, 5) is 18.1. The number of nitrogens with zero attached hydrogens (tertiary/aromatic N) is 1. The highest BCUT2D eigenvalue weighted by molar-refractivity contribution is 6.19. The summed E-state index contributed by atoms with van der Waals surface area (Å²) in [7, 11) is 0. The number of halogens is 1. The van der Waals surface area contributed by atoms with Crippen LogP contribution in [0.5, 0.6) is 0 Å². The van der Waals surface area contributed by atoms with Gasteiger partial charge in [-0.05, 0) is 0 Å². The zero-order valence-corrected chi connectivity index (χ0v) is 8.84. The molecule has 1 rings (SSSR count). The van der Waals surface area contributed by atoms with Gasteiger partial charge in [-0.25, -0.2) is 4.98 Å². The van der Waals surface area contributed by atoms with Crippen LogP contribution in [0.15, 0.2) is 12.5 Å². The lowest BCUT2D eigenvalue weighted by atomic mass is 10.2. The summed E-state index contributed by atoms with van der Waals surface area (Å²) in [6.45, 7) is 2.42. The molecule has 1 aromatic heterocycles. The molecule has 0 fully saturated rings. The van der Waals surface area contributed by atoms with Crippen molar-refractivity contribution in [3.8, 4) is 0 Å². The van der Waals surface area contributed by atoms with Crippen LogP contribution in [0, 0.1) is 5.92 Å². The normalized spacial score (nSPS) is 12.4. The first-order valence-corrected chi connectivity index (χ1v) is 5.08. The van der Waals surface area contributed by atoms with E-state index in [4.69, 9.17) is 11.6 Å². The number of hydrogen-bond acceptors (Lipinski definition) is 2. The molecular formula is C9H14ClN3O. The van der Waals surface area contributed by atoms with E-state index in [1.807, 2.05) is 0 Å². The molecule has 0 aliphatic carbocycles. The van der Waals surface area contributed by atoms with Crippen molar-refractivity contribution in [2.45, 2.75) is 13.3 Å². The van der Waals surface area contributed by atoms with Crippen molar-refractivity contribution < 1.29 is 4.79 Å². The average Bonchev–Trinajstić information content (AvgIpc) is 2.69. The maximum absolute atomic E-state index is 11.3. The lowest BCUT2D eigenvalue weighted by molar-refractivity contribution is -0.123. The van der Waals surface area contributed by atoms with Gasteiger partial charge in [-0.3, -0.25) is 4.79 Å². The Hall–Kier alpha value is -1.03. The number of imidazole rings is 1. The first-order valence-electron chi connectivity index (χ1n) is 4.55. The zero-order valence-electron chi connectivity index (χ0n) is 8.09. The number of aromatic amines is 1. The maximum Gasteiger partial charge on any atom is 0.224 e. The minimum Gasteiger partial charge on any atom is -0.355 e. The van der Waals surface area contributed by atoms with E-state index < -0.39 is 0 Å². The Morgan fingerprint density at radius 3 is 3.14 bits per heavy atom. The SMILES string of the molecule is CC(CCl)C(=O)NCCc1cnc[nH]1. The van der Waals surface area contributed by atoms with Gasteiger partial charge >= 0.3 is 0 Å². The lowest BCUT2D eigenvalue weighted by Gasteiger charge is -2.07. The molecule has 0 bridgehead atoms. The van der Waals surface area contributed by atoms with Crippen LogP contribution in [0.3, 0.4) is 0 Å². The number of carbonyl (C=O) groups is 1. The number of carbonyl (C=O) groups excluding carboxylic acids is 1. The van der Waals surface area contributed by atoms with Gasteiger partial charge in [-0.1, -0.05) is 6.92 Å². The molecule has 0 aliphatic rings. The van der Waals surface area contributed by atoms with E-state index in [2.05, 4.69) is 15.3 Å². The standard InChI is InChI=1S/C9H14ClN3O/c1-7(4-10)9(14)12-3-2-8-5-11-6-13-8/h5-7H,2-4H2,1H3,(H,11,13)(H,12,14). The van der Waals surface area contributed by atoms with Crippen LogP contribution in [0.4, 0.5) is 0 Å². The van der Waals surface area contributed by atoms with Gasteiger partial charge in [0.1, 0.15) is 0 Å². The van der Waals surface area contributed by atoms with Crippen molar-refractivity contribution in [2.75, 3.05) is 12.4 Å². The summed E-state index contributed by atoms with van der Waals surface area (Å²) in [6, 6.07) is 0. The Morgan fingerprint density at radius 1 is 1.79 bits per heavy atom. The van der Waals surface area contributed by atoms with Crippen molar-refractivity contribution in [3.63, 3.8) is 0 Å². The van der Waals surface area contributed by atoms with E-state index in [1.54, 1.807) is 19.4 Å². The monoisotopic (exact) mass is 215 g/mol. The Labute approximate surface area is 88.1 Å². The number of amides is 1. The molecule has 14 heavy (non-hydrogen) atoms. The molecule has 78 valence electrons. The Bertz CT molecular complexity index is 274. The minimum atomic E-state index is -0.126. The largest absolute Gasteiger partial charge is 0.355 e. The number of nitrogens with one attached hydrogen (secondary N) is 2. The quantitative estimate of drug-likeness (QED) is 0.719. The summed E-state index contributed by atoms with van der Waals surface area (Å²) < 4.78 is 0. The third-order valence-corrected chi connectivity index (χ3v) is 2.39. The summed E-state index contributed by atoms with van der Waals surface area (Å²) >= 11 is 5.55. The van der Waals surface area contributed by atoms with E-state index in [0.29, 0.717) is 12.4 Å². The van der Waals surface area contributed by atoms with Crippen molar-refractivity contribution in [3.05, 3.63) is 18.2 Å². The van der Waals surface area contributed by atoms with Gasteiger partial charge < -0.3 is 10.3 Å². The fraction of sp³-hybridized carbons (Fsp3) is 0.556. The van der Waals surface area contributed by atoms with Crippen LogP contribution in [-0.2, 0) is 11.2 Å². The molecular weight excluding hydrogens is 202 g/mol. The molecule has 1 heterocycles. The van der Waals surface area contributed by atoms with Gasteiger partial charge in [-0.2, -0.15) is 0 Å². The van der Waals surface area contributed by atoms with E-state index >= 15 is 0 Å². The van der Waals surface area contributed by atoms with Crippen LogP contribution < -0.4 is 5.32 Å². The highest BCUT2D eigenvalue weighted by Crippen LogP contribution is 1.97. The number of H-pyrrole nitrogens is 1. The lowest BCUT2D eigenvalue weighted by Crippen LogP contribution is -2.31. The van der Waals surface area contributed by atoms with E-state index in [-0.39, 0.29) is 11.8 Å². The number of aromatic nitrogens is 2. The van der Waals surface area contributed by atoms with Crippen LogP contribution in [-0.4, -0.2) is 28.3 Å². The summed E-state index contributed by atoms with van der Waals surface area (Å²) in [5, 5.41) is 2.80. The first kappa shape index (κ1) is 11.0. The second-order valence-electron chi connectivity index (χ2n) is 3.17. The third kappa shape index (κ3) is 3.38. The van der Waals surface area contributed by atoms with Crippen LogP contribution in [0.25, 0.3) is 0 Å². The highest BCUT2D eigenvalue weighted by Gasteiger charge is 2.09. The first-order chi connectivity index (χ1) is 6.74. The average molecular weight is 216 g/mol. The second kappa shape index (κ2) is 5.65. The zero-order chi connectivity index (χ0) is 10.4. The molecule has 1 amide bonds. The number of hydrogen-bond donors (Lipinski definition) is 2. The molecule has 1 aromatic rings. The molecule has 1 atom stereocenters. The molecule has 2 N–H and O–H groups in total. The predicted molar refractivity (Wildman–Crippen MR) is 55.2 cm³/mol. The van der Waals surface area contributed by atoms with Gasteiger partial charge in [0.15, 0.2) is 0 Å². The summed E-state index contributed by atoms with van der Waals surface area (Å²) in [5.74, 6) is 0.230. The summed E-state index contributed by atoms with van der Waals surface area (Å²) in [5.41, 5.74) is 1.02. The molecule has 0 spiro atoms. The van der Waals surface area contributed by atoms with Gasteiger partial charge in [0.05, 0.1) is 6.33 Å². The molecule has 0 aliphatic heterocycles. The smallest absolute Gasteiger partial charge is 0.224 e. The molecule has 5 heteroatoms. The third-order valence-electron chi connectivity index (χ3n) is 1.93. The van der Waals surface area contributed by atoms with Gasteiger partial charge in [0.25, 0.3) is 0 Å². The molecule has 0 saturated carbocycles. The van der Waals surface area contributed by atoms with Crippen molar-refractivity contribution >= 4 is 17.5 Å². The second-order valence-corrected chi connectivity index (χ2v) is 3.48. The molecule has 0 saturated heterocycles. The van der Waals surface area contributed by atoms with E-state index in [0.717, 1.165) is 12.1 Å². The van der Waals surface area contributed by atoms with Crippen molar-refractivity contribution in [1.82, 2.24) is 15.3 Å².